The van der Waals surface area contributed by atoms with Crippen LogP contribution < -0.4 is 16.8 Å². The van der Waals surface area contributed by atoms with E-state index in [0.717, 1.165) is 11.1 Å². The molecule has 128 valence electrons. The summed E-state index contributed by atoms with van der Waals surface area (Å²) in [7, 11) is 3.13. The average molecular weight is 323 g/mol. The van der Waals surface area contributed by atoms with Crippen LogP contribution in [0.4, 0.5) is 0 Å². The number of rotatable bonds is 10. The lowest BCUT2D eigenvalue weighted by molar-refractivity contribution is -0.120. The van der Waals surface area contributed by atoms with Crippen LogP contribution in [0.15, 0.2) is 18.2 Å². The Morgan fingerprint density at radius 1 is 1.26 bits per heavy atom. The number of nitrogens with one attached hydrogen (secondary N) is 1. The zero-order valence-electron chi connectivity index (χ0n) is 13.6. The SMILES string of the molecule is COCCCC(NC(=O)c1cc(CN)ccc1COC)C(N)=O. The summed E-state index contributed by atoms with van der Waals surface area (Å²) in [5.74, 6) is -0.939. The Morgan fingerprint density at radius 2 is 2.00 bits per heavy atom. The highest BCUT2D eigenvalue weighted by Gasteiger charge is 2.20. The van der Waals surface area contributed by atoms with Crippen molar-refractivity contribution in [2.75, 3.05) is 20.8 Å². The molecule has 1 rings (SSSR count). The molecule has 1 atom stereocenters. The predicted molar refractivity (Wildman–Crippen MR) is 86.6 cm³/mol. The highest BCUT2D eigenvalue weighted by Crippen LogP contribution is 2.14. The Kier molecular flexibility index (Phi) is 8.25. The maximum atomic E-state index is 12.5. The largest absolute Gasteiger partial charge is 0.385 e. The summed E-state index contributed by atoms with van der Waals surface area (Å²) >= 11 is 0. The van der Waals surface area contributed by atoms with Gasteiger partial charge in [0.1, 0.15) is 6.04 Å². The Hall–Kier alpha value is -1.96. The van der Waals surface area contributed by atoms with E-state index >= 15 is 0 Å². The van der Waals surface area contributed by atoms with E-state index in [-0.39, 0.29) is 5.91 Å². The fourth-order valence-corrected chi connectivity index (χ4v) is 2.20. The van der Waals surface area contributed by atoms with Crippen LogP contribution in [0, 0.1) is 0 Å². The number of benzene rings is 1. The van der Waals surface area contributed by atoms with Crippen molar-refractivity contribution in [2.45, 2.75) is 32.0 Å². The van der Waals surface area contributed by atoms with Gasteiger partial charge in [-0.25, -0.2) is 0 Å². The molecule has 7 heteroatoms. The molecule has 0 saturated carbocycles. The van der Waals surface area contributed by atoms with E-state index in [1.54, 1.807) is 26.4 Å². The van der Waals surface area contributed by atoms with Crippen LogP contribution in [0.3, 0.4) is 0 Å². The maximum Gasteiger partial charge on any atom is 0.252 e. The van der Waals surface area contributed by atoms with Gasteiger partial charge >= 0.3 is 0 Å². The number of hydrogen-bond donors (Lipinski definition) is 3. The molecule has 0 aliphatic carbocycles. The van der Waals surface area contributed by atoms with Crippen molar-refractivity contribution in [3.63, 3.8) is 0 Å². The third-order valence-electron chi connectivity index (χ3n) is 3.44. The molecule has 2 amide bonds. The highest BCUT2D eigenvalue weighted by molar-refractivity contribution is 5.98. The lowest BCUT2D eigenvalue weighted by Crippen LogP contribution is -2.44. The Bertz CT molecular complexity index is 534. The van der Waals surface area contributed by atoms with Crippen LogP contribution in [0.1, 0.15) is 34.3 Å². The molecule has 0 bridgehead atoms. The number of carbonyl (C=O) groups is 2. The van der Waals surface area contributed by atoms with Gasteiger partial charge in [-0.05, 0) is 30.0 Å². The molecule has 1 aromatic rings. The van der Waals surface area contributed by atoms with Crippen molar-refractivity contribution in [3.8, 4) is 0 Å². The van der Waals surface area contributed by atoms with Crippen LogP contribution in [0.25, 0.3) is 0 Å². The van der Waals surface area contributed by atoms with Gasteiger partial charge in [0.05, 0.1) is 6.61 Å². The Labute approximate surface area is 136 Å². The molecular formula is C16H25N3O4. The standard InChI is InChI=1S/C16H25N3O4/c1-22-7-3-4-14(15(18)20)19-16(21)13-8-11(9-17)5-6-12(13)10-23-2/h5-6,8,14H,3-4,7,9-10,17H2,1-2H3,(H2,18,20)(H,19,21). The molecule has 23 heavy (non-hydrogen) atoms. The van der Waals surface area contributed by atoms with Crippen LogP contribution in [0.5, 0.6) is 0 Å². The average Bonchev–Trinajstić information content (AvgIpc) is 2.54. The monoisotopic (exact) mass is 323 g/mol. The number of carbonyl (C=O) groups excluding carboxylic acids is 2. The number of amides is 2. The van der Waals surface area contributed by atoms with E-state index in [0.29, 0.717) is 38.2 Å². The van der Waals surface area contributed by atoms with E-state index in [4.69, 9.17) is 20.9 Å². The van der Waals surface area contributed by atoms with Crippen LogP contribution in [0.2, 0.25) is 0 Å². The minimum atomic E-state index is -0.741. The smallest absolute Gasteiger partial charge is 0.252 e. The zero-order valence-corrected chi connectivity index (χ0v) is 13.6. The van der Waals surface area contributed by atoms with E-state index in [1.807, 2.05) is 6.07 Å². The number of hydrogen-bond acceptors (Lipinski definition) is 5. The predicted octanol–water partition coefficient (Wildman–Crippen LogP) is 0.302. The van der Waals surface area contributed by atoms with Crippen molar-refractivity contribution in [1.29, 1.82) is 0 Å². The molecule has 0 aliphatic rings. The second kappa shape index (κ2) is 9.94. The highest BCUT2D eigenvalue weighted by atomic mass is 16.5. The maximum absolute atomic E-state index is 12.5. The van der Waals surface area contributed by atoms with Crippen molar-refractivity contribution in [1.82, 2.24) is 5.32 Å². The second-order valence-electron chi connectivity index (χ2n) is 5.19. The molecule has 0 aromatic heterocycles. The second-order valence-corrected chi connectivity index (χ2v) is 5.19. The quantitative estimate of drug-likeness (QED) is 0.536. The van der Waals surface area contributed by atoms with E-state index in [2.05, 4.69) is 5.32 Å². The normalized spacial score (nSPS) is 12.0. The Balaban J connectivity index is 2.90. The summed E-state index contributed by atoms with van der Waals surface area (Å²) in [4.78, 5) is 24.0. The fraction of sp³-hybridized carbons (Fsp3) is 0.500. The summed E-state index contributed by atoms with van der Waals surface area (Å²) < 4.78 is 10.1. The first kappa shape index (κ1) is 19.1. The minimum Gasteiger partial charge on any atom is -0.385 e. The minimum absolute atomic E-state index is 0.290. The number of methoxy groups -OCH3 is 2. The molecular weight excluding hydrogens is 298 g/mol. The van der Waals surface area contributed by atoms with Gasteiger partial charge in [0.2, 0.25) is 5.91 Å². The van der Waals surface area contributed by atoms with Gasteiger partial charge in [0.25, 0.3) is 5.91 Å². The van der Waals surface area contributed by atoms with Crippen LogP contribution >= 0.6 is 0 Å². The number of primary amides is 1. The molecule has 5 N–H and O–H groups in total. The van der Waals surface area contributed by atoms with Gasteiger partial charge in [-0.2, -0.15) is 0 Å². The molecule has 0 saturated heterocycles. The third-order valence-corrected chi connectivity index (χ3v) is 3.44. The van der Waals surface area contributed by atoms with E-state index in [1.165, 1.54) is 0 Å². The van der Waals surface area contributed by atoms with Crippen LogP contribution in [-0.4, -0.2) is 38.7 Å². The molecule has 0 spiro atoms. The summed E-state index contributed by atoms with van der Waals surface area (Å²) in [6.45, 7) is 1.11. The summed E-state index contributed by atoms with van der Waals surface area (Å²) in [5, 5.41) is 2.68. The number of nitrogens with two attached hydrogens (primary N) is 2. The molecule has 7 nitrogen and oxygen atoms in total. The summed E-state index contributed by atoms with van der Waals surface area (Å²) in [6.07, 6.45) is 1.04. The van der Waals surface area contributed by atoms with Crippen molar-refractivity contribution in [2.24, 2.45) is 11.5 Å². The van der Waals surface area contributed by atoms with E-state index in [9.17, 15) is 9.59 Å². The van der Waals surface area contributed by atoms with Gasteiger partial charge in [-0.1, -0.05) is 12.1 Å². The molecule has 0 aliphatic heterocycles. The van der Waals surface area contributed by atoms with Gasteiger partial charge in [0.15, 0.2) is 0 Å². The van der Waals surface area contributed by atoms with Crippen molar-refractivity contribution < 1.29 is 19.1 Å². The topological polar surface area (TPSA) is 117 Å². The first-order chi connectivity index (χ1) is 11.0. The molecule has 0 heterocycles. The first-order valence-electron chi connectivity index (χ1n) is 7.43. The summed E-state index contributed by atoms with van der Waals surface area (Å²) in [5.41, 5.74) is 13.0. The van der Waals surface area contributed by atoms with Crippen LogP contribution in [-0.2, 0) is 27.4 Å². The van der Waals surface area contributed by atoms with Gasteiger partial charge in [-0.15, -0.1) is 0 Å². The lowest BCUT2D eigenvalue weighted by Gasteiger charge is -2.17. The third kappa shape index (κ3) is 5.97. The summed E-state index contributed by atoms with van der Waals surface area (Å²) in [6, 6.07) is 4.60. The van der Waals surface area contributed by atoms with Gasteiger partial charge in [-0.3, -0.25) is 9.59 Å². The lowest BCUT2D eigenvalue weighted by atomic mass is 10.0. The molecule has 1 aromatic carbocycles. The molecule has 0 radical (unpaired) electrons. The zero-order chi connectivity index (χ0) is 17.2. The van der Waals surface area contributed by atoms with Crippen molar-refractivity contribution in [3.05, 3.63) is 34.9 Å². The Morgan fingerprint density at radius 3 is 2.57 bits per heavy atom. The molecule has 1 unspecified atom stereocenters. The van der Waals surface area contributed by atoms with E-state index < -0.39 is 11.9 Å². The molecule has 0 fully saturated rings. The van der Waals surface area contributed by atoms with Crippen molar-refractivity contribution >= 4 is 11.8 Å². The van der Waals surface area contributed by atoms with Gasteiger partial charge in [0, 0.05) is 32.9 Å². The van der Waals surface area contributed by atoms with Gasteiger partial charge < -0.3 is 26.3 Å². The number of ether oxygens (including phenoxy) is 2. The first-order valence-corrected chi connectivity index (χ1v) is 7.43. The fourth-order valence-electron chi connectivity index (χ4n) is 2.20.